The first kappa shape index (κ1) is 14.7. The quantitative estimate of drug-likeness (QED) is 0.744. The Morgan fingerprint density at radius 2 is 2.09 bits per heavy atom. The van der Waals surface area contributed by atoms with Crippen LogP contribution in [0.5, 0.6) is 5.75 Å². The van der Waals surface area contributed by atoms with E-state index in [-0.39, 0.29) is 5.28 Å². The Bertz CT molecular complexity index is 841. The van der Waals surface area contributed by atoms with E-state index in [2.05, 4.69) is 20.1 Å². The maximum Gasteiger partial charge on any atom is 0.222 e. The maximum absolute atomic E-state index is 10.3. The summed E-state index contributed by atoms with van der Waals surface area (Å²) in [5, 5.41) is 14.9. The second kappa shape index (κ2) is 5.19. The lowest BCUT2D eigenvalue weighted by atomic mass is 10.0. The van der Waals surface area contributed by atoms with Crippen molar-refractivity contribution in [3.63, 3.8) is 0 Å². The van der Waals surface area contributed by atoms with Crippen LogP contribution in [0.1, 0.15) is 19.5 Å². The van der Waals surface area contributed by atoms with Gasteiger partial charge in [-0.05, 0) is 31.5 Å². The molecule has 0 saturated heterocycles. The zero-order valence-corrected chi connectivity index (χ0v) is 13.0. The minimum atomic E-state index is -1.16. The van der Waals surface area contributed by atoms with E-state index in [0.29, 0.717) is 28.5 Å². The fourth-order valence-corrected chi connectivity index (χ4v) is 2.28. The number of methoxy groups -OCH3 is 1. The van der Waals surface area contributed by atoms with Crippen LogP contribution in [0.25, 0.3) is 17.0 Å². The van der Waals surface area contributed by atoms with Crippen LogP contribution < -0.4 is 4.74 Å². The summed E-state index contributed by atoms with van der Waals surface area (Å²) in [6.07, 6.45) is 3.19. The smallest absolute Gasteiger partial charge is 0.222 e. The molecule has 3 rings (SSSR count). The Hall–Kier alpha value is -2.25. The number of aromatic nitrogens is 5. The number of aliphatic hydroxyl groups is 1. The molecule has 3 aromatic heterocycles. The van der Waals surface area contributed by atoms with Crippen LogP contribution in [-0.4, -0.2) is 36.8 Å². The molecule has 0 spiro atoms. The second-order valence-electron chi connectivity index (χ2n) is 5.24. The van der Waals surface area contributed by atoms with Gasteiger partial charge in [-0.2, -0.15) is 5.10 Å². The summed E-state index contributed by atoms with van der Waals surface area (Å²) in [6, 6.07) is 3.43. The summed E-state index contributed by atoms with van der Waals surface area (Å²) in [7, 11) is 1.52. The number of ether oxygens (including phenoxy) is 1. The zero-order chi connectivity index (χ0) is 15.9. The first-order valence-electron chi connectivity index (χ1n) is 6.54. The van der Waals surface area contributed by atoms with E-state index in [1.54, 1.807) is 42.9 Å². The summed E-state index contributed by atoms with van der Waals surface area (Å²) in [5.74, 6) is 0.470. The Morgan fingerprint density at radius 3 is 2.73 bits per heavy atom. The van der Waals surface area contributed by atoms with Gasteiger partial charge >= 0.3 is 0 Å². The number of rotatable bonds is 3. The molecule has 0 fully saturated rings. The van der Waals surface area contributed by atoms with Crippen molar-refractivity contribution in [1.29, 1.82) is 0 Å². The maximum atomic E-state index is 10.3. The molecule has 8 heteroatoms. The van der Waals surface area contributed by atoms with Gasteiger partial charge in [-0.3, -0.25) is 0 Å². The third-order valence-corrected chi connectivity index (χ3v) is 3.33. The average molecular weight is 320 g/mol. The van der Waals surface area contributed by atoms with Crippen molar-refractivity contribution in [2.24, 2.45) is 0 Å². The number of halogens is 1. The van der Waals surface area contributed by atoms with Crippen molar-refractivity contribution in [3.8, 4) is 17.1 Å². The van der Waals surface area contributed by atoms with Crippen LogP contribution in [0.4, 0.5) is 0 Å². The van der Waals surface area contributed by atoms with Crippen molar-refractivity contribution in [1.82, 2.24) is 24.6 Å². The lowest BCUT2D eigenvalue weighted by molar-refractivity contribution is 0.0694. The SMILES string of the molecule is COc1cc2ncc(-c3ccnc(Cl)n3)n2nc1C(C)(C)O. The molecule has 7 nitrogen and oxygen atoms in total. The van der Waals surface area contributed by atoms with E-state index in [9.17, 15) is 5.11 Å². The van der Waals surface area contributed by atoms with E-state index in [1.165, 1.54) is 7.11 Å². The van der Waals surface area contributed by atoms with Crippen molar-refractivity contribution in [2.75, 3.05) is 7.11 Å². The molecule has 0 aliphatic heterocycles. The molecule has 0 bridgehead atoms. The normalized spacial score (nSPS) is 11.9. The van der Waals surface area contributed by atoms with E-state index in [1.807, 2.05) is 0 Å². The van der Waals surface area contributed by atoms with Gasteiger partial charge in [0.2, 0.25) is 5.28 Å². The number of imidazole rings is 1. The van der Waals surface area contributed by atoms with Gasteiger partial charge in [0, 0.05) is 12.3 Å². The van der Waals surface area contributed by atoms with Crippen LogP contribution in [0, 0.1) is 0 Å². The van der Waals surface area contributed by atoms with Gasteiger partial charge in [-0.15, -0.1) is 0 Å². The van der Waals surface area contributed by atoms with Crippen LogP contribution in [0.15, 0.2) is 24.5 Å². The molecule has 3 heterocycles. The molecule has 0 aromatic carbocycles. The monoisotopic (exact) mass is 319 g/mol. The van der Waals surface area contributed by atoms with Crippen LogP contribution >= 0.6 is 11.6 Å². The molecule has 0 unspecified atom stereocenters. The third kappa shape index (κ3) is 2.49. The molecule has 0 amide bonds. The number of hydrogen-bond acceptors (Lipinski definition) is 6. The summed E-state index contributed by atoms with van der Waals surface area (Å²) in [5.41, 5.74) is 1.06. The van der Waals surface area contributed by atoms with Crippen molar-refractivity contribution in [3.05, 3.63) is 35.5 Å². The van der Waals surface area contributed by atoms with Crippen molar-refractivity contribution >= 4 is 17.2 Å². The summed E-state index contributed by atoms with van der Waals surface area (Å²) >= 11 is 5.83. The summed E-state index contributed by atoms with van der Waals surface area (Å²) in [4.78, 5) is 12.3. The van der Waals surface area contributed by atoms with E-state index in [0.717, 1.165) is 0 Å². The van der Waals surface area contributed by atoms with Gasteiger partial charge < -0.3 is 9.84 Å². The lowest BCUT2D eigenvalue weighted by Gasteiger charge is -2.19. The average Bonchev–Trinajstić information content (AvgIpc) is 2.87. The highest BCUT2D eigenvalue weighted by atomic mass is 35.5. The molecule has 0 aliphatic rings. The zero-order valence-electron chi connectivity index (χ0n) is 12.3. The molecule has 1 N–H and O–H groups in total. The highest BCUT2D eigenvalue weighted by Crippen LogP contribution is 2.29. The Balaban J connectivity index is 2.26. The number of fused-ring (bicyclic) bond motifs is 1. The van der Waals surface area contributed by atoms with E-state index < -0.39 is 5.60 Å². The molecule has 0 aliphatic carbocycles. The highest BCUT2D eigenvalue weighted by Gasteiger charge is 2.25. The van der Waals surface area contributed by atoms with Crippen LogP contribution in [0.2, 0.25) is 5.28 Å². The van der Waals surface area contributed by atoms with Gasteiger partial charge in [-0.25, -0.2) is 19.5 Å². The van der Waals surface area contributed by atoms with E-state index in [4.69, 9.17) is 16.3 Å². The molecule has 0 saturated carbocycles. The molecular formula is C14H14ClN5O2. The van der Waals surface area contributed by atoms with Crippen LogP contribution in [0.3, 0.4) is 0 Å². The second-order valence-corrected chi connectivity index (χ2v) is 5.58. The van der Waals surface area contributed by atoms with Crippen molar-refractivity contribution < 1.29 is 9.84 Å². The molecular weight excluding hydrogens is 306 g/mol. The van der Waals surface area contributed by atoms with Gasteiger partial charge in [0.05, 0.1) is 19.0 Å². The first-order chi connectivity index (χ1) is 10.4. The largest absolute Gasteiger partial charge is 0.495 e. The highest BCUT2D eigenvalue weighted by molar-refractivity contribution is 6.28. The predicted molar refractivity (Wildman–Crippen MR) is 80.8 cm³/mol. The third-order valence-electron chi connectivity index (χ3n) is 3.15. The first-order valence-corrected chi connectivity index (χ1v) is 6.92. The van der Waals surface area contributed by atoms with E-state index >= 15 is 0 Å². The van der Waals surface area contributed by atoms with Gasteiger partial charge in [0.25, 0.3) is 0 Å². The number of nitrogens with zero attached hydrogens (tertiary/aromatic N) is 5. The molecule has 0 atom stereocenters. The van der Waals surface area contributed by atoms with Crippen molar-refractivity contribution in [2.45, 2.75) is 19.4 Å². The molecule has 3 aromatic rings. The van der Waals surface area contributed by atoms with Gasteiger partial charge in [-0.1, -0.05) is 0 Å². The fourth-order valence-electron chi connectivity index (χ4n) is 2.13. The van der Waals surface area contributed by atoms with Gasteiger partial charge in [0.1, 0.15) is 22.7 Å². The minimum Gasteiger partial charge on any atom is -0.495 e. The fraction of sp³-hybridized carbons (Fsp3) is 0.286. The minimum absolute atomic E-state index is 0.142. The van der Waals surface area contributed by atoms with Crippen LogP contribution in [-0.2, 0) is 5.60 Å². The number of hydrogen-bond donors (Lipinski definition) is 1. The Kier molecular flexibility index (Phi) is 3.46. The van der Waals surface area contributed by atoms with Gasteiger partial charge in [0.15, 0.2) is 5.65 Å². The predicted octanol–water partition coefficient (Wildman–Crippen LogP) is 2.08. The lowest BCUT2D eigenvalue weighted by Crippen LogP contribution is -2.20. The Labute approximate surface area is 131 Å². The summed E-state index contributed by atoms with van der Waals surface area (Å²) in [6.45, 7) is 3.28. The molecule has 0 radical (unpaired) electrons. The standard InChI is InChI=1S/C14H14ClN5O2/c1-14(2,21)12-10(22-3)6-11-17-7-9(20(11)19-12)8-4-5-16-13(15)18-8/h4-7,21H,1-3H3. The molecule has 114 valence electrons. The summed E-state index contributed by atoms with van der Waals surface area (Å²) < 4.78 is 6.88. The molecule has 22 heavy (non-hydrogen) atoms. The Morgan fingerprint density at radius 1 is 1.32 bits per heavy atom. The topological polar surface area (TPSA) is 85.4 Å².